The number of aliphatic hydroxyl groups excluding tert-OH is 1. The van der Waals surface area contributed by atoms with E-state index in [0.29, 0.717) is 5.56 Å². The molecule has 0 fully saturated rings. The summed E-state index contributed by atoms with van der Waals surface area (Å²) in [5.74, 6) is -1.87. The molecule has 0 saturated heterocycles. The number of amides is 1. The molecule has 0 bridgehead atoms. The Bertz CT molecular complexity index is 628. The van der Waals surface area contributed by atoms with Crippen molar-refractivity contribution >= 4 is 11.9 Å². The zero-order valence-electron chi connectivity index (χ0n) is 11.8. The second kappa shape index (κ2) is 7.38. The van der Waals surface area contributed by atoms with Gasteiger partial charge < -0.3 is 15.5 Å². The summed E-state index contributed by atoms with van der Waals surface area (Å²) in [4.78, 5) is 23.3. The number of aliphatic hydroxyl groups is 1. The highest BCUT2D eigenvalue weighted by molar-refractivity contribution is 5.87. The highest BCUT2D eigenvalue weighted by Gasteiger charge is 2.25. The van der Waals surface area contributed by atoms with Crippen molar-refractivity contribution in [2.75, 3.05) is 0 Å². The first-order valence-electron chi connectivity index (χ1n) is 6.88. The van der Waals surface area contributed by atoms with Crippen LogP contribution in [0.3, 0.4) is 0 Å². The van der Waals surface area contributed by atoms with Gasteiger partial charge in [-0.15, -0.1) is 0 Å². The van der Waals surface area contributed by atoms with Gasteiger partial charge in [0.15, 0.2) is 6.10 Å². The first-order valence-corrected chi connectivity index (χ1v) is 6.88. The Labute approximate surface area is 128 Å². The predicted molar refractivity (Wildman–Crippen MR) is 81.1 cm³/mol. The molecule has 0 unspecified atom stereocenters. The van der Waals surface area contributed by atoms with Crippen molar-refractivity contribution in [3.05, 3.63) is 71.8 Å². The van der Waals surface area contributed by atoms with Gasteiger partial charge in [-0.05, 0) is 11.1 Å². The minimum atomic E-state index is -1.39. The molecule has 0 aliphatic carbocycles. The van der Waals surface area contributed by atoms with Crippen molar-refractivity contribution in [3.63, 3.8) is 0 Å². The van der Waals surface area contributed by atoms with Crippen LogP contribution in [0.25, 0.3) is 0 Å². The van der Waals surface area contributed by atoms with Crippen LogP contribution in [0.5, 0.6) is 0 Å². The second-order valence-corrected chi connectivity index (χ2v) is 4.90. The molecule has 0 aliphatic heterocycles. The van der Waals surface area contributed by atoms with Gasteiger partial charge in [0, 0.05) is 6.42 Å². The van der Waals surface area contributed by atoms with E-state index in [2.05, 4.69) is 5.32 Å². The minimum Gasteiger partial charge on any atom is -0.480 e. The van der Waals surface area contributed by atoms with Crippen molar-refractivity contribution in [1.82, 2.24) is 5.32 Å². The lowest BCUT2D eigenvalue weighted by Crippen LogP contribution is -2.44. The topological polar surface area (TPSA) is 86.6 Å². The van der Waals surface area contributed by atoms with Gasteiger partial charge in [-0.3, -0.25) is 4.79 Å². The van der Waals surface area contributed by atoms with Crippen molar-refractivity contribution in [1.29, 1.82) is 0 Å². The molecule has 0 radical (unpaired) electrons. The third-order valence-corrected chi connectivity index (χ3v) is 3.26. The maximum Gasteiger partial charge on any atom is 0.326 e. The van der Waals surface area contributed by atoms with E-state index >= 15 is 0 Å². The quantitative estimate of drug-likeness (QED) is 0.755. The molecule has 2 aromatic carbocycles. The molecule has 2 atom stereocenters. The largest absolute Gasteiger partial charge is 0.480 e. The molecule has 5 heteroatoms. The van der Waals surface area contributed by atoms with Gasteiger partial charge in [0.05, 0.1) is 0 Å². The van der Waals surface area contributed by atoms with Crippen LogP contribution < -0.4 is 5.32 Å². The smallest absolute Gasteiger partial charge is 0.326 e. The number of rotatable bonds is 6. The third kappa shape index (κ3) is 4.17. The molecule has 114 valence electrons. The Kier molecular flexibility index (Phi) is 5.27. The molecule has 0 saturated carbocycles. The highest BCUT2D eigenvalue weighted by atomic mass is 16.4. The number of carboxylic acid groups (broad SMARTS) is 1. The maximum atomic E-state index is 12.0. The summed E-state index contributed by atoms with van der Waals surface area (Å²) in [7, 11) is 0. The summed E-state index contributed by atoms with van der Waals surface area (Å²) in [5.41, 5.74) is 1.22. The minimum absolute atomic E-state index is 0.156. The average molecular weight is 299 g/mol. The van der Waals surface area contributed by atoms with E-state index in [0.717, 1.165) is 5.56 Å². The summed E-state index contributed by atoms with van der Waals surface area (Å²) < 4.78 is 0. The van der Waals surface area contributed by atoms with Crippen molar-refractivity contribution in [2.24, 2.45) is 0 Å². The summed E-state index contributed by atoms with van der Waals surface area (Å²) >= 11 is 0. The number of hydrogen-bond donors (Lipinski definition) is 3. The van der Waals surface area contributed by atoms with Crippen LogP contribution in [-0.2, 0) is 16.0 Å². The lowest BCUT2D eigenvalue weighted by Gasteiger charge is -2.17. The van der Waals surface area contributed by atoms with Crippen molar-refractivity contribution < 1.29 is 19.8 Å². The Morgan fingerprint density at radius 1 is 0.955 bits per heavy atom. The molecule has 0 aliphatic rings. The normalized spacial score (nSPS) is 13.1. The zero-order valence-corrected chi connectivity index (χ0v) is 11.8. The Balaban J connectivity index is 2.04. The van der Waals surface area contributed by atoms with Gasteiger partial charge in [-0.2, -0.15) is 0 Å². The SMILES string of the molecule is O=C(N[C@H](Cc1ccccc1)C(=O)O)[C@@H](O)c1ccccc1. The Hall–Kier alpha value is -2.66. The van der Waals surface area contributed by atoms with Crippen LogP contribution in [0.4, 0.5) is 0 Å². The monoisotopic (exact) mass is 299 g/mol. The van der Waals surface area contributed by atoms with Gasteiger partial charge in [-0.25, -0.2) is 4.79 Å². The van der Waals surface area contributed by atoms with Crippen LogP contribution in [0.1, 0.15) is 17.2 Å². The summed E-state index contributed by atoms with van der Waals surface area (Å²) in [6.45, 7) is 0. The molecule has 2 aromatic rings. The molecule has 3 N–H and O–H groups in total. The lowest BCUT2D eigenvalue weighted by atomic mass is 10.0. The summed E-state index contributed by atoms with van der Waals surface area (Å²) in [6.07, 6.45) is -1.23. The fourth-order valence-electron chi connectivity index (χ4n) is 2.09. The van der Waals surface area contributed by atoms with Crippen LogP contribution >= 0.6 is 0 Å². The van der Waals surface area contributed by atoms with Gasteiger partial charge in [0.1, 0.15) is 6.04 Å². The average Bonchev–Trinajstić information content (AvgIpc) is 2.55. The van der Waals surface area contributed by atoms with Crippen LogP contribution in [-0.4, -0.2) is 28.1 Å². The van der Waals surface area contributed by atoms with Crippen molar-refractivity contribution in [2.45, 2.75) is 18.6 Å². The first-order chi connectivity index (χ1) is 10.6. The molecule has 0 spiro atoms. The molecule has 0 heterocycles. The molecular formula is C17H17NO4. The fourth-order valence-corrected chi connectivity index (χ4v) is 2.09. The molecule has 1 amide bonds. The number of hydrogen-bond acceptors (Lipinski definition) is 3. The first kappa shape index (κ1) is 15.7. The van der Waals surface area contributed by atoms with E-state index < -0.39 is 24.0 Å². The predicted octanol–water partition coefficient (Wildman–Crippen LogP) is 1.53. The van der Waals surface area contributed by atoms with Crippen LogP contribution in [0, 0.1) is 0 Å². The molecule has 5 nitrogen and oxygen atoms in total. The number of aliphatic carboxylic acids is 1. The second-order valence-electron chi connectivity index (χ2n) is 4.90. The van der Waals surface area contributed by atoms with E-state index in [9.17, 15) is 19.8 Å². The van der Waals surface area contributed by atoms with Crippen LogP contribution in [0.2, 0.25) is 0 Å². The molecular weight excluding hydrogens is 282 g/mol. The number of carbonyl (C=O) groups excluding carboxylic acids is 1. The Morgan fingerprint density at radius 2 is 1.50 bits per heavy atom. The number of nitrogens with one attached hydrogen (secondary N) is 1. The highest BCUT2D eigenvalue weighted by Crippen LogP contribution is 2.13. The zero-order chi connectivity index (χ0) is 15.9. The van der Waals surface area contributed by atoms with E-state index in [1.54, 1.807) is 54.6 Å². The molecule has 22 heavy (non-hydrogen) atoms. The summed E-state index contributed by atoms with van der Waals surface area (Å²) in [6, 6.07) is 16.3. The number of carboxylic acids is 1. The third-order valence-electron chi connectivity index (χ3n) is 3.26. The van der Waals surface area contributed by atoms with Gasteiger partial charge in [-0.1, -0.05) is 60.7 Å². The summed E-state index contributed by atoms with van der Waals surface area (Å²) in [5, 5.41) is 21.6. The lowest BCUT2D eigenvalue weighted by molar-refractivity contribution is -0.143. The number of benzene rings is 2. The van der Waals surface area contributed by atoms with E-state index in [1.807, 2.05) is 6.07 Å². The van der Waals surface area contributed by atoms with Crippen molar-refractivity contribution in [3.8, 4) is 0 Å². The molecule has 0 aromatic heterocycles. The fraction of sp³-hybridized carbons (Fsp3) is 0.176. The number of carbonyl (C=O) groups is 2. The van der Waals surface area contributed by atoms with E-state index in [1.165, 1.54) is 0 Å². The van der Waals surface area contributed by atoms with E-state index in [4.69, 9.17) is 0 Å². The van der Waals surface area contributed by atoms with E-state index in [-0.39, 0.29) is 6.42 Å². The molecule has 2 rings (SSSR count). The van der Waals surface area contributed by atoms with Gasteiger partial charge >= 0.3 is 5.97 Å². The Morgan fingerprint density at radius 3 is 2.05 bits per heavy atom. The van der Waals surface area contributed by atoms with Crippen LogP contribution in [0.15, 0.2) is 60.7 Å². The maximum absolute atomic E-state index is 12.0. The standard InChI is InChI=1S/C17H17NO4/c19-15(13-9-5-2-6-10-13)16(20)18-14(17(21)22)11-12-7-3-1-4-8-12/h1-10,14-15,19H,11H2,(H,18,20)(H,21,22)/t14-,15+/m1/s1. The van der Waals surface area contributed by atoms with Gasteiger partial charge in [0.25, 0.3) is 5.91 Å². The van der Waals surface area contributed by atoms with Gasteiger partial charge in [0.2, 0.25) is 0 Å².